The van der Waals surface area contributed by atoms with Crippen LogP contribution in [-0.4, -0.2) is 27.1 Å². The van der Waals surface area contributed by atoms with E-state index in [1.54, 1.807) is 6.07 Å². The molecule has 5 heteroatoms. The molecule has 94 valence electrons. The van der Waals surface area contributed by atoms with Crippen LogP contribution in [0.15, 0.2) is 28.9 Å². The van der Waals surface area contributed by atoms with Gasteiger partial charge in [0.2, 0.25) is 5.76 Å². The summed E-state index contributed by atoms with van der Waals surface area (Å²) >= 11 is 0. The second-order valence-corrected chi connectivity index (χ2v) is 4.63. The van der Waals surface area contributed by atoms with E-state index in [9.17, 15) is 4.79 Å². The van der Waals surface area contributed by atoms with E-state index in [0.29, 0.717) is 12.3 Å². The van der Waals surface area contributed by atoms with Gasteiger partial charge in [0.1, 0.15) is 0 Å². The lowest BCUT2D eigenvalue weighted by Gasteiger charge is -2.34. The fraction of sp³-hybridized carbons (Fsp3) is 0.385. The molecule has 0 spiro atoms. The van der Waals surface area contributed by atoms with Gasteiger partial charge < -0.3 is 14.0 Å². The zero-order valence-electron chi connectivity index (χ0n) is 10.5. The first-order valence-corrected chi connectivity index (χ1v) is 6.06. The first-order valence-electron chi connectivity index (χ1n) is 6.06. The predicted octanol–water partition coefficient (Wildman–Crippen LogP) is 2.00. The summed E-state index contributed by atoms with van der Waals surface area (Å²) < 4.78 is 7.23. The number of carbonyl (C=O) groups excluding carboxylic acids is 1. The molecular weight excluding hydrogens is 230 g/mol. The molecule has 2 aromatic heterocycles. The number of carbonyl (C=O) groups is 1. The number of hydrogen-bond acceptors (Lipinski definition) is 3. The standard InChI is InChI=1S/C13H15N3O2/c1-9-8-12(18-14-9)13(17)16-7-6-15-5-3-4-11(15)10(16)2/h3-5,8,10H,6-7H2,1-2H3. The highest BCUT2D eigenvalue weighted by molar-refractivity contribution is 5.91. The molecule has 0 saturated heterocycles. The smallest absolute Gasteiger partial charge is 0.293 e. The molecule has 1 amide bonds. The fourth-order valence-corrected chi connectivity index (χ4v) is 2.46. The molecule has 0 aliphatic carbocycles. The highest BCUT2D eigenvalue weighted by Gasteiger charge is 2.29. The maximum Gasteiger partial charge on any atom is 0.293 e. The van der Waals surface area contributed by atoms with Crippen molar-refractivity contribution in [1.29, 1.82) is 0 Å². The highest BCUT2D eigenvalue weighted by atomic mass is 16.5. The zero-order chi connectivity index (χ0) is 12.7. The van der Waals surface area contributed by atoms with Crippen LogP contribution in [0.2, 0.25) is 0 Å². The molecule has 5 nitrogen and oxygen atoms in total. The molecular formula is C13H15N3O2. The molecule has 0 bridgehead atoms. The molecule has 0 N–H and O–H groups in total. The first kappa shape index (κ1) is 11.1. The summed E-state index contributed by atoms with van der Waals surface area (Å²) in [6.07, 6.45) is 2.05. The minimum Gasteiger partial charge on any atom is -0.351 e. The SMILES string of the molecule is Cc1cc(C(=O)N2CCn3cccc3C2C)on1. The maximum atomic E-state index is 12.3. The van der Waals surface area contributed by atoms with Crippen LogP contribution < -0.4 is 0 Å². The monoisotopic (exact) mass is 245 g/mol. The zero-order valence-corrected chi connectivity index (χ0v) is 10.5. The average Bonchev–Trinajstić information content (AvgIpc) is 2.97. The van der Waals surface area contributed by atoms with E-state index in [1.165, 1.54) is 0 Å². The van der Waals surface area contributed by atoms with Crippen LogP contribution in [-0.2, 0) is 6.54 Å². The Morgan fingerprint density at radius 1 is 1.50 bits per heavy atom. The van der Waals surface area contributed by atoms with Crippen molar-refractivity contribution in [3.8, 4) is 0 Å². The van der Waals surface area contributed by atoms with E-state index >= 15 is 0 Å². The summed E-state index contributed by atoms with van der Waals surface area (Å²) in [4.78, 5) is 14.2. The third-order valence-corrected chi connectivity index (χ3v) is 3.44. The Hall–Kier alpha value is -2.04. The molecule has 3 heterocycles. The number of fused-ring (bicyclic) bond motifs is 1. The molecule has 18 heavy (non-hydrogen) atoms. The molecule has 0 saturated carbocycles. The topological polar surface area (TPSA) is 51.3 Å². The normalized spacial score (nSPS) is 18.8. The van der Waals surface area contributed by atoms with Crippen molar-refractivity contribution in [3.05, 3.63) is 41.5 Å². The molecule has 1 unspecified atom stereocenters. The largest absolute Gasteiger partial charge is 0.351 e. The van der Waals surface area contributed by atoms with Crippen molar-refractivity contribution >= 4 is 5.91 Å². The minimum absolute atomic E-state index is 0.0617. The Kier molecular flexibility index (Phi) is 2.47. The van der Waals surface area contributed by atoms with Crippen LogP contribution in [0.4, 0.5) is 0 Å². The summed E-state index contributed by atoms with van der Waals surface area (Å²) in [6, 6.07) is 5.81. The molecule has 3 rings (SSSR count). The number of nitrogens with zero attached hydrogens (tertiary/aromatic N) is 3. The molecule has 2 aromatic rings. The van der Waals surface area contributed by atoms with Gasteiger partial charge in [0.25, 0.3) is 5.91 Å². The van der Waals surface area contributed by atoms with E-state index in [2.05, 4.69) is 15.8 Å². The molecule has 0 aromatic carbocycles. The number of rotatable bonds is 1. The second-order valence-electron chi connectivity index (χ2n) is 4.63. The molecule has 0 radical (unpaired) electrons. The molecule has 1 aliphatic rings. The maximum absolute atomic E-state index is 12.3. The fourth-order valence-electron chi connectivity index (χ4n) is 2.46. The van der Waals surface area contributed by atoms with Crippen molar-refractivity contribution < 1.29 is 9.32 Å². The Morgan fingerprint density at radius 3 is 3.06 bits per heavy atom. The summed E-state index contributed by atoms with van der Waals surface area (Å²) in [5.74, 6) is 0.231. The average molecular weight is 245 g/mol. The Bertz CT molecular complexity index is 585. The van der Waals surface area contributed by atoms with Crippen LogP contribution in [0, 0.1) is 6.92 Å². The lowest BCUT2D eigenvalue weighted by Crippen LogP contribution is -2.40. The predicted molar refractivity (Wildman–Crippen MR) is 65.1 cm³/mol. The lowest BCUT2D eigenvalue weighted by molar-refractivity contribution is 0.0601. The van der Waals surface area contributed by atoms with Crippen LogP contribution >= 0.6 is 0 Å². The third kappa shape index (κ3) is 1.63. The van der Waals surface area contributed by atoms with Gasteiger partial charge in [-0.3, -0.25) is 4.79 Å². The van der Waals surface area contributed by atoms with Crippen LogP contribution in [0.1, 0.15) is 34.9 Å². The van der Waals surface area contributed by atoms with Crippen LogP contribution in [0.5, 0.6) is 0 Å². The van der Waals surface area contributed by atoms with Gasteiger partial charge >= 0.3 is 0 Å². The van der Waals surface area contributed by atoms with Gasteiger partial charge in [-0.2, -0.15) is 0 Å². The van der Waals surface area contributed by atoms with E-state index in [4.69, 9.17) is 4.52 Å². The van der Waals surface area contributed by atoms with Crippen molar-refractivity contribution in [1.82, 2.24) is 14.6 Å². The van der Waals surface area contributed by atoms with Gasteiger partial charge in [-0.1, -0.05) is 5.16 Å². The van der Waals surface area contributed by atoms with Gasteiger partial charge in [0.05, 0.1) is 11.7 Å². The van der Waals surface area contributed by atoms with Gasteiger partial charge in [-0.05, 0) is 26.0 Å². The second kappa shape index (κ2) is 4.01. The third-order valence-electron chi connectivity index (χ3n) is 3.44. The van der Waals surface area contributed by atoms with E-state index < -0.39 is 0 Å². The quantitative estimate of drug-likeness (QED) is 0.772. The van der Waals surface area contributed by atoms with E-state index in [1.807, 2.05) is 31.0 Å². The van der Waals surface area contributed by atoms with Gasteiger partial charge in [-0.25, -0.2) is 0 Å². The Morgan fingerprint density at radius 2 is 2.33 bits per heavy atom. The van der Waals surface area contributed by atoms with E-state index in [0.717, 1.165) is 17.9 Å². The molecule has 1 aliphatic heterocycles. The Balaban J connectivity index is 1.88. The number of hydrogen-bond donors (Lipinski definition) is 0. The van der Waals surface area contributed by atoms with Crippen molar-refractivity contribution in [2.24, 2.45) is 0 Å². The van der Waals surface area contributed by atoms with Gasteiger partial charge in [0, 0.05) is 31.0 Å². The van der Waals surface area contributed by atoms with Gasteiger partial charge in [-0.15, -0.1) is 0 Å². The highest BCUT2D eigenvalue weighted by Crippen LogP contribution is 2.26. The molecule has 1 atom stereocenters. The van der Waals surface area contributed by atoms with Crippen LogP contribution in [0.25, 0.3) is 0 Å². The minimum atomic E-state index is -0.0875. The Labute approximate surface area is 105 Å². The summed E-state index contributed by atoms with van der Waals surface area (Å²) in [7, 11) is 0. The number of aryl methyl sites for hydroxylation is 1. The van der Waals surface area contributed by atoms with Crippen LogP contribution in [0.3, 0.4) is 0 Å². The van der Waals surface area contributed by atoms with Crippen molar-refractivity contribution in [3.63, 3.8) is 0 Å². The molecule has 0 fully saturated rings. The van der Waals surface area contributed by atoms with Gasteiger partial charge in [0.15, 0.2) is 0 Å². The number of aromatic nitrogens is 2. The summed E-state index contributed by atoms with van der Waals surface area (Å²) in [6.45, 7) is 5.37. The first-order chi connectivity index (χ1) is 8.66. The summed E-state index contributed by atoms with van der Waals surface area (Å²) in [5.41, 5.74) is 1.89. The summed E-state index contributed by atoms with van der Waals surface area (Å²) in [5, 5.41) is 3.76. The van der Waals surface area contributed by atoms with Crippen molar-refractivity contribution in [2.45, 2.75) is 26.4 Å². The van der Waals surface area contributed by atoms with E-state index in [-0.39, 0.29) is 11.9 Å². The lowest BCUT2D eigenvalue weighted by atomic mass is 10.1. The number of amides is 1. The van der Waals surface area contributed by atoms with Crippen molar-refractivity contribution in [2.75, 3.05) is 6.54 Å².